The summed E-state index contributed by atoms with van der Waals surface area (Å²) in [6.07, 6.45) is -4.55. The Balaban J connectivity index is 2.09. The van der Waals surface area contributed by atoms with Crippen LogP contribution in [0.2, 0.25) is 0 Å². The van der Waals surface area contributed by atoms with Crippen molar-refractivity contribution in [3.05, 3.63) is 64.9 Å². The average molecular weight is 494 g/mol. The summed E-state index contributed by atoms with van der Waals surface area (Å²) in [5.74, 6) is 0.0295. The van der Waals surface area contributed by atoms with Crippen LogP contribution < -0.4 is 19.5 Å². The number of halogens is 3. The SMILES string of the molecule is CCOC(=O)C1=C(COc2cccc(C(F)(F)F)c2)N(C)C(=O)NC1c1cc(OC)ccc1OC. The summed E-state index contributed by atoms with van der Waals surface area (Å²) in [7, 11) is 4.32. The molecule has 0 spiro atoms. The van der Waals surface area contributed by atoms with E-state index in [-0.39, 0.29) is 30.2 Å². The molecule has 1 unspecified atom stereocenters. The van der Waals surface area contributed by atoms with Gasteiger partial charge in [-0.2, -0.15) is 13.2 Å². The smallest absolute Gasteiger partial charge is 0.416 e. The Morgan fingerprint density at radius 3 is 2.46 bits per heavy atom. The lowest BCUT2D eigenvalue weighted by Crippen LogP contribution is -2.48. The van der Waals surface area contributed by atoms with Crippen LogP contribution in [0.1, 0.15) is 24.1 Å². The summed E-state index contributed by atoms with van der Waals surface area (Å²) >= 11 is 0. The number of esters is 1. The number of hydrogen-bond acceptors (Lipinski definition) is 6. The highest BCUT2D eigenvalue weighted by atomic mass is 19.4. The molecule has 0 saturated carbocycles. The number of benzene rings is 2. The van der Waals surface area contributed by atoms with Gasteiger partial charge in [0.05, 0.1) is 43.7 Å². The molecule has 11 heteroatoms. The minimum Gasteiger partial charge on any atom is -0.497 e. The molecule has 188 valence electrons. The van der Waals surface area contributed by atoms with Crippen LogP contribution in [0.5, 0.6) is 17.2 Å². The van der Waals surface area contributed by atoms with Gasteiger partial charge < -0.3 is 24.3 Å². The van der Waals surface area contributed by atoms with E-state index in [1.54, 1.807) is 25.1 Å². The van der Waals surface area contributed by atoms with Crippen LogP contribution in [-0.4, -0.2) is 51.4 Å². The maximum Gasteiger partial charge on any atom is 0.416 e. The predicted octanol–water partition coefficient (Wildman–Crippen LogP) is 4.31. The van der Waals surface area contributed by atoms with Gasteiger partial charge in [-0.05, 0) is 43.3 Å². The second-order valence-electron chi connectivity index (χ2n) is 7.44. The molecule has 0 saturated heterocycles. The van der Waals surface area contributed by atoms with E-state index in [0.717, 1.165) is 17.0 Å². The van der Waals surface area contributed by atoms with Gasteiger partial charge in [0.15, 0.2) is 0 Å². The van der Waals surface area contributed by atoms with Gasteiger partial charge in [-0.3, -0.25) is 4.90 Å². The van der Waals surface area contributed by atoms with Gasteiger partial charge in [-0.1, -0.05) is 6.07 Å². The number of carbonyl (C=O) groups excluding carboxylic acids is 2. The zero-order chi connectivity index (χ0) is 25.8. The number of nitrogens with one attached hydrogen (secondary N) is 1. The van der Waals surface area contributed by atoms with Gasteiger partial charge >= 0.3 is 18.2 Å². The molecule has 2 aromatic carbocycles. The Morgan fingerprint density at radius 2 is 1.83 bits per heavy atom. The molecule has 1 aliphatic heterocycles. The maximum atomic E-state index is 13.1. The average Bonchev–Trinajstić information content (AvgIpc) is 2.83. The molecule has 0 aromatic heterocycles. The largest absolute Gasteiger partial charge is 0.497 e. The topological polar surface area (TPSA) is 86.3 Å². The lowest BCUT2D eigenvalue weighted by atomic mass is 9.93. The molecule has 1 heterocycles. The summed E-state index contributed by atoms with van der Waals surface area (Å²) in [5, 5.41) is 2.74. The molecule has 0 aliphatic carbocycles. The standard InChI is InChI=1S/C24H25F3N2O6/c1-5-34-22(30)20-18(13-35-16-8-6-7-14(11-16)24(25,26)27)29(2)23(31)28-21(20)17-12-15(32-3)9-10-19(17)33-4/h6-12,21H,5,13H2,1-4H3,(H,28,31). The van der Waals surface area contributed by atoms with Crippen molar-refractivity contribution in [3.8, 4) is 17.2 Å². The predicted molar refractivity (Wildman–Crippen MR) is 119 cm³/mol. The first-order valence-corrected chi connectivity index (χ1v) is 10.6. The number of rotatable bonds is 8. The van der Waals surface area contributed by atoms with Crippen LogP contribution in [0.15, 0.2) is 53.7 Å². The molecule has 35 heavy (non-hydrogen) atoms. The Bertz CT molecular complexity index is 1130. The minimum absolute atomic E-state index is 0.0486. The Labute approximate surface area is 200 Å². The molecule has 3 rings (SSSR count). The Morgan fingerprint density at radius 1 is 1.09 bits per heavy atom. The summed E-state index contributed by atoms with van der Waals surface area (Å²) in [5.41, 5.74) is -0.289. The molecule has 0 bridgehead atoms. The van der Waals surface area contributed by atoms with Gasteiger partial charge in [0, 0.05) is 12.6 Å². The summed E-state index contributed by atoms with van der Waals surface area (Å²) in [6.45, 7) is 1.31. The number of methoxy groups -OCH3 is 2. The monoisotopic (exact) mass is 494 g/mol. The third-order valence-corrected chi connectivity index (χ3v) is 5.36. The summed E-state index contributed by atoms with van der Waals surface area (Å²) < 4.78 is 60.8. The van der Waals surface area contributed by atoms with Crippen LogP contribution in [0.4, 0.5) is 18.0 Å². The summed E-state index contributed by atoms with van der Waals surface area (Å²) in [6, 6.07) is 7.66. The molecule has 8 nitrogen and oxygen atoms in total. The zero-order valence-electron chi connectivity index (χ0n) is 19.6. The Hall–Kier alpha value is -3.89. The number of alkyl halides is 3. The van der Waals surface area contributed by atoms with E-state index in [1.807, 2.05) is 0 Å². The first-order chi connectivity index (χ1) is 16.6. The van der Waals surface area contributed by atoms with Gasteiger partial charge in [0.2, 0.25) is 0 Å². The first kappa shape index (κ1) is 25.7. The van der Waals surface area contributed by atoms with E-state index in [2.05, 4.69) is 5.32 Å². The third-order valence-electron chi connectivity index (χ3n) is 5.36. The zero-order valence-corrected chi connectivity index (χ0v) is 19.6. The fourth-order valence-corrected chi connectivity index (χ4v) is 3.59. The van der Waals surface area contributed by atoms with Gasteiger partial charge in [-0.15, -0.1) is 0 Å². The molecule has 0 fully saturated rings. The number of ether oxygens (including phenoxy) is 4. The fraction of sp³-hybridized carbons (Fsp3) is 0.333. The highest BCUT2D eigenvalue weighted by Gasteiger charge is 2.38. The maximum absolute atomic E-state index is 13.1. The van der Waals surface area contributed by atoms with Crippen LogP contribution in [0.3, 0.4) is 0 Å². The molecule has 1 N–H and O–H groups in total. The quantitative estimate of drug-likeness (QED) is 0.551. The van der Waals surface area contributed by atoms with Crippen molar-refractivity contribution in [3.63, 3.8) is 0 Å². The highest BCUT2D eigenvalue weighted by molar-refractivity contribution is 5.95. The van der Waals surface area contributed by atoms with Crippen LogP contribution in [0, 0.1) is 0 Å². The number of urea groups is 1. The lowest BCUT2D eigenvalue weighted by Gasteiger charge is -2.35. The summed E-state index contributed by atoms with van der Waals surface area (Å²) in [4.78, 5) is 27.0. The van der Waals surface area contributed by atoms with Gasteiger partial charge in [-0.25, -0.2) is 9.59 Å². The van der Waals surface area contributed by atoms with E-state index in [9.17, 15) is 22.8 Å². The Kier molecular flexibility index (Phi) is 7.78. The molecule has 2 aromatic rings. The first-order valence-electron chi connectivity index (χ1n) is 10.6. The molecular weight excluding hydrogens is 469 g/mol. The fourth-order valence-electron chi connectivity index (χ4n) is 3.59. The van der Waals surface area contributed by atoms with Gasteiger partial charge in [0.1, 0.15) is 23.9 Å². The number of likely N-dealkylation sites (N-methyl/N-ethyl adjacent to an activating group) is 1. The van der Waals surface area contributed by atoms with E-state index in [4.69, 9.17) is 18.9 Å². The lowest BCUT2D eigenvalue weighted by molar-refractivity contribution is -0.139. The van der Waals surface area contributed by atoms with Gasteiger partial charge in [0.25, 0.3) is 0 Å². The number of carbonyl (C=O) groups is 2. The second-order valence-corrected chi connectivity index (χ2v) is 7.44. The second kappa shape index (κ2) is 10.6. The molecular formula is C24H25F3N2O6. The number of nitrogens with zero attached hydrogens (tertiary/aromatic N) is 1. The minimum atomic E-state index is -4.55. The van der Waals surface area contributed by atoms with Crippen molar-refractivity contribution >= 4 is 12.0 Å². The highest BCUT2D eigenvalue weighted by Crippen LogP contribution is 2.38. The normalized spacial score (nSPS) is 16.0. The van der Waals surface area contributed by atoms with E-state index >= 15 is 0 Å². The van der Waals surface area contributed by atoms with Crippen molar-refractivity contribution < 1.29 is 41.7 Å². The molecule has 0 radical (unpaired) electrons. The van der Waals surface area contributed by atoms with Crippen molar-refractivity contribution in [1.82, 2.24) is 10.2 Å². The van der Waals surface area contributed by atoms with Crippen LogP contribution >= 0.6 is 0 Å². The molecule has 1 aliphatic rings. The molecule has 1 atom stereocenters. The van der Waals surface area contributed by atoms with E-state index < -0.39 is 29.8 Å². The van der Waals surface area contributed by atoms with Crippen molar-refractivity contribution in [2.75, 3.05) is 34.5 Å². The van der Waals surface area contributed by atoms with Crippen molar-refractivity contribution in [2.45, 2.75) is 19.1 Å². The van der Waals surface area contributed by atoms with Crippen molar-refractivity contribution in [2.24, 2.45) is 0 Å². The third kappa shape index (κ3) is 5.61. The number of amides is 2. The molecule has 2 amide bonds. The van der Waals surface area contributed by atoms with Crippen LogP contribution in [-0.2, 0) is 15.7 Å². The number of hydrogen-bond donors (Lipinski definition) is 1. The van der Waals surface area contributed by atoms with E-state index in [1.165, 1.54) is 33.4 Å². The van der Waals surface area contributed by atoms with Crippen molar-refractivity contribution in [1.29, 1.82) is 0 Å². The van der Waals surface area contributed by atoms with E-state index in [0.29, 0.717) is 17.1 Å². The van der Waals surface area contributed by atoms with Crippen LogP contribution in [0.25, 0.3) is 0 Å².